The zero-order chi connectivity index (χ0) is 13.1. The number of rotatable bonds is 3. The summed E-state index contributed by atoms with van der Waals surface area (Å²) in [7, 11) is 0. The summed E-state index contributed by atoms with van der Waals surface area (Å²) in [6.07, 6.45) is 3.75. The van der Waals surface area contributed by atoms with E-state index in [1.807, 2.05) is 24.3 Å². The molecule has 0 unspecified atom stereocenters. The van der Waals surface area contributed by atoms with E-state index in [4.69, 9.17) is 4.42 Å². The van der Waals surface area contributed by atoms with Crippen LogP contribution in [0.4, 0.5) is 0 Å². The van der Waals surface area contributed by atoms with Crippen molar-refractivity contribution in [1.29, 1.82) is 0 Å². The lowest BCUT2D eigenvalue weighted by atomic mass is 10.1. The SMILES string of the molecule is O=C(NCN1CCCCC1)c1cc2ccccc2o1. The second-order valence-electron chi connectivity index (χ2n) is 4.99. The van der Waals surface area contributed by atoms with Crippen molar-refractivity contribution in [3.8, 4) is 0 Å². The van der Waals surface area contributed by atoms with Gasteiger partial charge in [-0.2, -0.15) is 0 Å². The third-order valence-electron chi connectivity index (χ3n) is 3.56. The molecule has 1 aliphatic rings. The standard InChI is InChI=1S/C15H18N2O2/c18-15(16-11-17-8-4-1-5-9-17)14-10-12-6-2-3-7-13(12)19-14/h2-3,6-7,10H,1,4-5,8-9,11H2,(H,16,18). The van der Waals surface area contributed by atoms with Crippen molar-refractivity contribution < 1.29 is 9.21 Å². The van der Waals surface area contributed by atoms with Gasteiger partial charge in [-0.05, 0) is 38.1 Å². The largest absolute Gasteiger partial charge is 0.451 e. The number of nitrogens with zero attached hydrogens (tertiary/aromatic N) is 1. The Morgan fingerprint density at radius 2 is 2.00 bits per heavy atom. The first-order chi connectivity index (χ1) is 9.33. The molecule has 1 aromatic heterocycles. The van der Waals surface area contributed by atoms with E-state index in [0.717, 1.165) is 24.1 Å². The fraction of sp³-hybridized carbons (Fsp3) is 0.400. The molecule has 1 amide bonds. The average Bonchev–Trinajstić information content (AvgIpc) is 2.90. The number of hydrogen-bond acceptors (Lipinski definition) is 3. The number of likely N-dealkylation sites (tertiary alicyclic amines) is 1. The van der Waals surface area contributed by atoms with Gasteiger partial charge in [-0.3, -0.25) is 9.69 Å². The number of nitrogens with one attached hydrogen (secondary N) is 1. The van der Waals surface area contributed by atoms with Crippen molar-refractivity contribution in [2.45, 2.75) is 19.3 Å². The predicted molar refractivity (Wildman–Crippen MR) is 74.0 cm³/mol. The number of fused-ring (bicyclic) bond motifs is 1. The Labute approximate surface area is 112 Å². The zero-order valence-electron chi connectivity index (χ0n) is 10.9. The Kier molecular flexibility index (Phi) is 3.51. The van der Waals surface area contributed by atoms with Gasteiger partial charge in [-0.15, -0.1) is 0 Å². The number of furan rings is 1. The van der Waals surface area contributed by atoms with E-state index in [2.05, 4.69) is 10.2 Å². The number of carbonyl (C=O) groups is 1. The van der Waals surface area contributed by atoms with Gasteiger partial charge in [0.1, 0.15) is 5.58 Å². The van der Waals surface area contributed by atoms with E-state index in [1.54, 1.807) is 6.07 Å². The molecule has 2 heterocycles. The van der Waals surface area contributed by atoms with Gasteiger partial charge >= 0.3 is 0 Å². The van der Waals surface area contributed by atoms with Crippen molar-refractivity contribution in [2.24, 2.45) is 0 Å². The summed E-state index contributed by atoms with van der Waals surface area (Å²) < 4.78 is 5.54. The van der Waals surface area contributed by atoms with Crippen LogP contribution < -0.4 is 5.32 Å². The predicted octanol–water partition coefficient (Wildman–Crippen LogP) is 2.61. The van der Waals surface area contributed by atoms with Crippen LogP contribution in [0.5, 0.6) is 0 Å². The van der Waals surface area contributed by atoms with Gasteiger partial charge in [0.2, 0.25) is 0 Å². The molecule has 3 rings (SSSR count). The van der Waals surface area contributed by atoms with Crippen LogP contribution in [-0.2, 0) is 0 Å². The second-order valence-corrected chi connectivity index (χ2v) is 4.99. The molecule has 0 aliphatic carbocycles. The second kappa shape index (κ2) is 5.45. The van der Waals surface area contributed by atoms with Crippen molar-refractivity contribution >= 4 is 16.9 Å². The van der Waals surface area contributed by atoms with Gasteiger partial charge in [0, 0.05) is 5.39 Å². The van der Waals surface area contributed by atoms with Gasteiger partial charge < -0.3 is 9.73 Å². The molecule has 2 aromatic rings. The quantitative estimate of drug-likeness (QED) is 0.920. The fourth-order valence-electron chi connectivity index (χ4n) is 2.48. The van der Waals surface area contributed by atoms with Crippen molar-refractivity contribution in [2.75, 3.05) is 19.8 Å². The van der Waals surface area contributed by atoms with Crippen LogP contribution in [0.2, 0.25) is 0 Å². The van der Waals surface area contributed by atoms with Gasteiger partial charge in [-0.1, -0.05) is 24.6 Å². The summed E-state index contributed by atoms with van der Waals surface area (Å²) in [5.74, 6) is 0.250. The number of carbonyl (C=O) groups excluding carboxylic acids is 1. The van der Waals surface area contributed by atoms with Crippen LogP contribution in [-0.4, -0.2) is 30.6 Å². The number of amides is 1. The molecule has 1 aromatic carbocycles. The van der Waals surface area contributed by atoms with E-state index < -0.39 is 0 Å². The van der Waals surface area contributed by atoms with E-state index in [9.17, 15) is 4.79 Å². The lowest BCUT2D eigenvalue weighted by molar-refractivity contribution is 0.0888. The molecule has 1 aliphatic heterocycles. The molecule has 19 heavy (non-hydrogen) atoms. The van der Waals surface area contributed by atoms with Crippen molar-refractivity contribution in [3.05, 3.63) is 36.1 Å². The Balaban J connectivity index is 1.63. The summed E-state index contributed by atoms with van der Waals surface area (Å²) in [4.78, 5) is 14.3. The highest BCUT2D eigenvalue weighted by molar-refractivity contribution is 5.95. The van der Waals surface area contributed by atoms with E-state index in [1.165, 1.54) is 19.3 Å². The van der Waals surface area contributed by atoms with E-state index in [0.29, 0.717) is 12.4 Å². The van der Waals surface area contributed by atoms with Crippen LogP contribution in [0, 0.1) is 0 Å². The minimum Gasteiger partial charge on any atom is -0.451 e. The Morgan fingerprint density at radius 3 is 2.79 bits per heavy atom. The number of para-hydroxylation sites is 1. The molecule has 4 heteroatoms. The average molecular weight is 258 g/mol. The van der Waals surface area contributed by atoms with Gasteiger partial charge in [0.15, 0.2) is 5.76 Å². The number of piperidine rings is 1. The molecule has 0 radical (unpaired) electrons. The number of hydrogen-bond donors (Lipinski definition) is 1. The summed E-state index contributed by atoms with van der Waals surface area (Å²) in [5, 5.41) is 3.89. The maximum absolute atomic E-state index is 12.0. The van der Waals surface area contributed by atoms with Crippen LogP contribution in [0.25, 0.3) is 11.0 Å². The lowest BCUT2D eigenvalue weighted by Gasteiger charge is -2.26. The highest BCUT2D eigenvalue weighted by Gasteiger charge is 2.14. The summed E-state index contributed by atoms with van der Waals surface area (Å²) >= 11 is 0. The Bertz CT molecular complexity index is 537. The monoisotopic (exact) mass is 258 g/mol. The molecule has 0 atom stereocenters. The van der Waals surface area contributed by atoms with Crippen molar-refractivity contribution in [3.63, 3.8) is 0 Å². The summed E-state index contributed by atoms with van der Waals surface area (Å²) in [6.45, 7) is 2.75. The molecule has 0 bridgehead atoms. The fourth-order valence-corrected chi connectivity index (χ4v) is 2.48. The molecule has 1 fully saturated rings. The molecule has 1 N–H and O–H groups in total. The van der Waals surface area contributed by atoms with Crippen LogP contribution in [0.15, 0.2) is 34.7 Å². The molecule has 4 nitrogen and oxygen atoms in total. The lowest BCUT2D eigenvalue weighted by Crippen LogP contribution is -2.40. The molecule has 1 saturated heterocycles. The Hall–Kier alpha value is -1.81. The molecular weight excluding hydrogens is 240 g/mol. The third kappa shape index (κ3) is 2.79. The first-order valence-corrected chi connectivity index (χ1v) is 6.82. The minimum absolute atomic E-state index is 0.137. The maximum Gasteiger partial charge on any atom is 0.288 e. The van der Waals surface area contributed by atoms with Crippen LogP contribution in [0.3, 0.4) is 0 Å². The molecular formula is C15H18N2O2. The first-order valence-electron chi connectivity index (χ1n) is 6.82. The highest BCUT2D eigenvalue weighted by atomic mass is 16.3. The maximum atomic E-state index is 12.0. The van der Waals surface area contributed by atoms with Gasteiger partial charge in [0.05, 0.1) is 6.67 Å². The highest BCUT2D eigenvalue weighted by Crippen LogP contribution is 2.18. The van der Waals surface area contributed by atoms with Gasteiger partial charge in [-0.25, -0.2) is 0 Å². The van der Waals surface area contributed by atoms with E-state index in [-0.39, 0.29) is 5.91 Å². The minimum atomic E-state index is -0.137. The topological polar surface area (TPSA) is 45.5 Å². The normalized spacial score (nSPS) is 16.6. The summed E-state index contributed by atoms with van der Waals surface area (Å²) in [5.41, 5.74) is 0.755. The molecule has 0 spiro atoms. The number of benzene rings is 1. The van der Waals surface area contributed by atoms with E-state index >= 15 is 0 Å². The molecule has 0 saturated carbocycles. The third-order valence-corrected chi connectivity index (χ3v) is 3.56. The zero-order valence-corrected chi connectivity index (χ0v) is 10.9. The van der Waals surface area contributed by atoms with Gasteiger partial charge in [0.25, 0.3) is 5.91 Å². The summed E-state index contributed by atoms with van der Waals surface area (Å²) in [6, 6.07) is 9.45. The van der Waals surface area contributed by atoms with Crippen molar-refractivity contribution in [1.82, 2.24) is 10.2 Å². The van der Waals surface area contributed by atoms with Crippen LogP contribution >= 0.6 is 0 Å². The smallest absolute Gasteiger partial charge is 0.288 e. The van der Waals surface area contributed by atoms with Crippen LogP contribution in [0.1, 0.15) is 29.8 Å². The molecule has 100 valence electrons. The first kappa shape index (κ1) is 12.2. The Morgan fingerprint density at radius 1 is 1.21 bits per heavy atom.